The molecule has 0 spiro atoms. The Labute approximate surface area is 136 Å². The van der Waals surface area contributed by atoms with Crippen LogP contribution < -0.4 is 0 Å². The fraction of sp³-hybridized carbons (Fsp3) is 0.588. The van der Waals surface area contributed by atoms with Crippen molar-refractivity contribution in [3.8, 4) is 0 Å². The molecule has 2 amide bonds. The molecule has 2 aliphatic heterocycles. The van der Waals surface area contributed by atoms with E-state index in [1.165, 1.54) is 5.06 Å². The van der Waals surface area contributed by atoms with Gasteiger partial charge in [0.1, 0.15) is 0 Å². The Balaban J connectivity index is 1.55. The van der Waals surface area contributed by atoms with Crippen LogP contribution in [-0.4, -0.2) is 53.0 Å². The van der Waals surface area contributed by atoms with Crippen molar-refractivity contribution in [1.29, 1.82) is 0 Å². The molecule has 0 saturated carbocycles. The summed E-state index contributed by atoms with van der Waals surface area (Å²) in [5.41, 5.74) is 0.966. The number of piperidine rings is 1. The molecule has 1 aromatic heterocycles. The molecule has 2 aliphatic rings. The standard InChI is InChI=1S/C17H23N3O3/c21-16-7-6-14(17(22)20-10-3-4-12-23-20)13-19(16)11-8-15-5-1-2-9-18-15/h1-2,5,9,14H,3-4,6-8,10-13H2/t14-/m0/s1. The van der Waals surface area contributed by atoms with Gasteiger partial charge in [-0.25, -0.2) is 5.06 Å². The lowest BCUT2D eigenvalue weighted by molar-refractivity contribution is -0.202. The van der Waals surface area contributed by atoms with Crippen LogP contribution in [-0.2, 0) is 20.8 Å². The van der Waals surface area contributed by atoms with Gasteiger partial charge in [-0.3, -0.25) is 19.4 Å². The summed E-state index contributed by atoms with van der Waals surface area (Å²) >= 11 is 0. The molecule has 0 aromatic carbocycles. The van der Waals surface area contributed by atoms with Crippen LogP contribution in [0.3, 0.4) is 0 Å². The van der Waals surface area contributed by atoms with Crippen LogP contribution in [0.15, 0.2) is 24.4 Å². The summed E-state index contributed by atoms with van der Waals surface area (Å²) in [5, 5.41) is 1.50. The van der Waals surface area contributed by atoms with Crippen LogP contribution >= 0.6 is 0 Å². The molecule has 3 rings (SSSR count). The first-order valence-electron chi connectivity index (χ1n) is 8.36. The molecular formula is C17H23N3O3. The van der Waals surface area contributed by atoms with Gasteiger partial charge in [0.15, 0.2) is 0 Å². The number of hydrogen-bond donors (Lipinski definition) is 0. The van der Waals surface area contributed by atoms with E-state index in [0.29, 0.717) is 45.5 Å². The number of hydroxylamine groups is 2. The molecule has 3 heterocycles. The van der Waals surface area contributed by atoms with Gasteiger partial charge in [-0.05, 0) is 31.4 Å². The predicted molar refractivity (Wildman–Crippen MR) is 84.1 cm³/mol. The van der Waals surface area contributed by atoms with Crippen molar-refractivity contribution in [3.63, 3.8) is 0 Å². The molecule has 0 aliphatic carbocycles. The molecule has 0 bridgehead atoms. The van der Waals surface area contributed by atoms with E-state index >= 15 is 0 Å². The molecule has 1 atom stereocenters. The number of rotatable bonds is 4. The first kappa shape index (κ1) is 15.9. The van der Waals surface area contributed by atoms with E-state index in [2.05, 4.69) is 4.98 Å². The third-order valence-electron chi connectivity index (χ3n) is 4.46. The zero-order valence-electron chi connectivity index (χ0n) is 13.3. The lowest BCUT2D eigenvalue weighted by Crippen LogP contribution is -2.48. The highest BCUT2D eigenvalue weighted by Crippen LogP contribution is 2.21. The van der Waals surface area contributed by atoms with Crippen molar-refractivity contribution >= 4 is 11.8 Å². The zero-order valence-corrected chi connectivity index (χ0v) is 13.3. The highest BCUT2D eigenvalue weighted by Gasteiger charge is 2.33. The van der Waals surface area contributed by atoms with E-state index in [-0.39, 0.29) is 17.7 Å². The number of amides is 2. The molecule has 0 radical (unpaired) electrons. The summed E-state index contributed by atoms with van der Waals surface area (Å²) in [4.78, 5) is 36.2. The second-order valence-corrected chi connectivity index (χ2v) is 6.13. The van der Waals surface area contributed by atoms with E-state index in [1.807, 2.05) is 18.2 Å². The maximum absolute atomic E-state index is 12.5. The van der Waals surface area contributed by atoms with Gasteiger partial charge in [0, 0.05) is 44.4 Å². The minimum atomic E-state index is -0.144. The van der Waals surface area contributed by atoms with Crippen molar-refractivity contribution in [3.05, 3.63) is 30.1 Å². The molecule has 23 heavy (non-hydrogen) atoms. The van der Waals surface area contributed by atoms with E-state index < -0.39 is 0 Å². The zero-order chi connectivity index (χ0) is 16.1. The summed E-state index contributed by atoms with van der Waals surface area (Å²) in [7, 11) is 0. The summed E-state index contributed by atoms with van der Waals surface area (Å²) in [5.74, 6) is 0.0131. The third kappa shape index (κ3) is 4.07. The van der Waals surface area contributed by atoms with Crippen molar-refractivity contribution < 1.29 is 14.4 Å². The van der Waals surface area contributed by atoms with Gasteiger partial charge in [0.25, 0.3) is 5.91 Å². The smallest absolute Gasteiger partial charge is 0.251 e. The molecule has 124 valence electrons. The van der Waals surface area contributed by atoms with Gasteiger partial charge in [-0.15, -0.1) is 0 Å². The number of likely N-dealkylation sites (tertiary alicyclic amines) is 1. The molecular weight excluding hydrogens is 294 g/mol. The number of aromatic nitrogens is 1. The number of pyridine rings is 1. The van der Waals surface area contributed by atoms with E-state index in [4.69, 9.17) is 4.84 Å². The van der Waals surface area contributed by atoms with E-state index in [9.17, 15) is 9.59 Å². The van der Waals surface area contributed by atoms with E-state index in [1.54, 1.807) is 11.1 Å². The molecule has 0 N–H and O–H groups in total. The van der Waals surface area contributed by atoms with Crippen LogP contribution in [0.2, 0.25) is 0 Å². The minimum absolute atomic E-state index is 0.0278. The maximum Gasteiger partial charge on any atom is 0.251 e. The largest absolute Gasteiger partial charge is 0.342 e. The lowest BCUT2D eigenvalue weighted by Gasteiger charge is -2.35. The van der Waals surface area contributed by atoms with Crippen LogP contribution in [0.25, 0.3) is 0 Å². The van der Waals surface area contributed by atoms with Gasteiger partial charge in [-0.2, -0.15) is 0 Å². The summed E-state index contributed by atoms with van der Waals surface area (Å²) in [6.45, 7) is 2.38. The monoisotopic (exact) mass is 317 g/mol. The fourth-order valence-corrected chi connectivity index (χ4v) is 3.10. The Kier molecular flexibility index (Phi) is 5.23. The van der Waals surface area contributed by atoms with Gasteiger partial charge in [0.2, 0.25) is 5.91 Å². The quantitative estimate of drug-likeness (QED) is 0.842. The fourth-order valence-electron chi connectivity index (χ4n) is 3.10. The Morgan fingerprint density at radius 2 is 2.26 bits per heavy atom. The topological polar surface area (TPSA) is 62.7 Å². The SMILES string of the molecule is O=C1CC[C@H](C(=O)N2CCCCO2)CN1CCc1ccccn1. The van der Waals surface area contributed by atoms with Crippen molar-refractivity contribution in [2.24, 2.45) is 5.92 Å². The predicted octanol–water partition coefficient (Wildman–Crippen LogP) is 1.42. The normalized spacial score (nSPS) is 22.3. The number of hydrogen-bond acceptors (Lipinski definition) is 4. The molecule has 2 saturated heterocycles. The highest BCUT2D eigenvalue weighted by atomic mass is 16.7. The Morgan fingerprint density at radius 3 is 3.00 bits per heavy atom. The third-order valence-corrected chi connectivity index (χ3v) is 4.46. The second kappa shape index (κ2) is 7.55. The number of carbonyl (C=O) groups excluding carboxylic acids is 2. The van der Waals surface area contributed by atoms with Crippen LogP contribution in [0.5, 0.6) is 0 Å². The first-order chi connectivity index (χ1) is 11.2. The highest BCUT2D eigenvalue weighted by molar-refractivity contribution is 5.83. The molecule has 2 fully saturated rings. The Hall–Kier alpha value is -1.95. The van der Waals surface area contributed by atoms with Crippen molar-refractivity contribution in [2.75, 3.05) is 26.2 Å². The second-order valence-electron chi connectivity index (χ2n) is 6.13. The molecule has 0 unspecified atom stereocenters. The average molecular weight is 317 g/mol. The van der Waals surface area contributed by atoms with E-state index in [0.717, 1.165) is 18.5 Å². The summed E-state index contributed by atoms with van der Waals surface area (Å²) in [6, 6.07) is 5.78. The first-order valence-corrected chi connectivity index (χ1v) is 8.36. The Morgan fingerprint density at radius 1 is 1.35 bits per heavy atom. The van der Waals surface area contributed by atoms with Crippen LogP contribution in [0.1, 0.15) is 31.4 Å². The number of carbonyl (C=O) groups is 2. The van der Waals surface area contributed by atoms with Crippen LogP contribution in [0, 0.1) is 5.92 Å². The molecule has 1 aromatic rings. The lowest BCUT2D eigenvalue weighted by atomic mass is 9.96. The van der Waals surface area contributed by atoms with Gasteiger partial charge < -0.3 is 4.90 Å². The van der Waals surface area contributed by atoms with Crippen molar-refractivity contribution in [2.45, 2.75) is 32.1 Å². The van der Waals surface area contributed by atoms with Gasteiger partial charge in [-0.1, -0.05) is 6.07 Å². The van der Waals surface area contributed by atoms with Crippen LogP contribution in [0.4, 0.5) is 0 Å². The maximum atomic E-state index is 12.5. The Bertz CT molecular complexity index is 543. The number of nitrogens with zero attached hydrogens (tertiary/aromatic N) is 3. The summed E-state index contributed by atoms with van der Waals surface area (Å²) < 4.78 is 0. The molecule has 6 nitrogen and oxygen atoms in total. The minimum Gasteiger partial charge on any atom is -0.342 e. The van der Waals surface area contributed by atoms with Crippen molar-refractivity contribution in [1.82, 2.24) is 14.9 Å². The molecule has 6 heteroatoms. The summed E-state index contributed by atoms with van der Waals surface area (Å²) in [6.07, 6.45) is 5.52. The van der Waals surface area contributed by atoms with Gasteiger partial charge >= 0.3 is 0 Å². The van der Waals surface area contributed by atoms with Gasteiger partial charge in [0.05, 0.1) is 12.5 Å². The average Bonchev–Trinajstić information content (AvgIpc) is 2.62.